The maximum Gasteiger partial charge on any atom is 0.236 e. The summed E-state index contributed by atoms with van der Waals surface area (Å²) in [6, 6.07) is 7.61. The highest BCUT2D eigenvalue weighted by molar-refractivity contribution is 7.99. The molecule has 0 bridgehead atoms. The number of aryl methyl sites for hydroxylation is 2. The predicted octanol–water partition coefficient (Wildman–Crippen LogP) is 3.28. The van der Waals surface area contributed by atoms with Gasteiger partial charge in [0.05, 0.1) is 17.9 Å². The van der Waals surface area contributed by atoms with Crippen molar-refractivity contribution in [2.24, 2.45) is 0 Å². The molecular formula is C19H22N6O2S2. The van der Waals surface area contributed by atoms with E-state index in [4.69, 9.17) is 0 Å². The molecule has 2 N–H and O–H groups in total. The van der Waals surface area contributed by atoms with Gasteiger partial charge >= 0.3 is 0 Å². The number of nitrogens with one attached hydrogen (secondary N) is 2. The van der Waals surface area contributed by atoms with Crippen molar-refractivity contribution in [2.45, 2.75) is 38.9 Å². The molecule has 152 valence electrons. The van der Waals surface area contributed by atoms with Crippen LogP contribution in [0.25, 0.3) is 0 Å². The van der Waals surface area contributed by atoms with E-state index in [2.05, 4.69) is 25.8 Å². The first-order chi connectivity index (χ1) is 14.0. The van der Waals surface area contributed by atoms with E-state index in [0.717, 1.165) is 16.9 Å². The Hall–Kier alpha value is -2.72. The molecule has 2 aromatic heterocycles. The van der Waals surface area contributed by atoms with Crippen LogP contribution in [-0.2, 0) is 22.6 Å². The van der Waals surface area contributed by atoms with Crippen molar-refractivity contribution in [1.82, 2.24) is 19.7 Å². The number of nitrogens with zero attached hydrogens (tertiary/aromatic N) is 4. The van der Waals surface area contributed by atoms with E-state index in [1.807, 2.05) is 55.0 Å². The van der Waals surface area contributed by atoms with Crippen LogP contribution in [-0.4, -0.2) is 37.3 Å². The Kier molecular flexibility index (Phi) is 6.99. The molecule has 2 heterocycles. The third-order valence-electron chi connectivity index (χ3n) is 4.05. The Labute approximate surface area is 177 Å². The second kappa shape index (κ2) is 9.66. The lowest BCUT2D eigenvalue weighted by atomic mass is 10.2. The minimum Gasteiger partial charge on any atom is -0.325 e. The number of thioether (sulfide) groups is 1. The zero-order valence-corrected chi connectivity index (χ0v) is 18.1. The number of carbonyl (C=O) groups is 2. The van der Waals surface area contributed by atoms with Crippen LogP contribution in [0.1, 0.15) is 24.0 Å². The molecule has 0 atom stereocenters. The summed E-state index contributed by atoms with van der Waals surface area (Å²) in [4.78, 5) is 28.8. The molecule has 8 nitrogen and oxygen atoms in total. The quantitative estimate of drug-likeness (QED) is 0.532. The molecule has 0 aliphatic carbocycles. The van der Waals surface area contributed by atoms with Gasteiger partial charge in [-0.25, -0.2) is 4.98 Å². The number of benzene rings is 1. The molecule has 29 heavy (non-hydrogen) atoms. The molecule has 0 aliphatic heterocycles. The van der Waals surface area contributed by atoms with Crippen LogP contribution >= 0.6 is 23.1 Å². The van der Waals surface area contributed by atoms with Crippen molar-refractivity contribution < 1.29 is 9.59 Å². The fourth-order valence-corrected chi connectivity index (χ4v) is 4.15. The number of rotatable bonds is 8. The van der Waals surface area contributed by atoms with E-state index < -0.39 is 0 Å². The van der Waals surface area contributed by atoms with Crippen molar-refractivity contribution >= 4 is 45.7 Å². The third-order valence-corrected chi connectivity index (χ3v) is 5.89. The largest absolute Gasteiger partial charge is 0.325 e. The predicted molar refractivity (Wildman–Crippen MR) is 115 cm³/mol. The van der Waals surface area contributed by atoms with Gasteiger partial charge in [-0.3, -0.25) is 9.59 Å². The molecule has 0 aliphatic rings. The molecule has 10 heteroatoms. The summed E-state index contributed by atoms with van der Waals surface area (Å²) in [5.41, 5.74) is 2.65. The molecule has 3 rings (SSSR count). The summed E-state index contributed by atoms with van der Waals surface area (Å²) in [6.45, 7) is 6.38. The van der Waals surface area contributed by atoms with Gasteiger partial charge in [-0.15, -0.1) is 21.5 Å². The number of amides is 2. The van der Waals surface area contributed by atoms with Crippen LogP contribution in [0.4, 0.5) is 10.8 Å². The Morgan fingerprint density at radius 1 is 1.14 bits per heavy atom. The normalized spacial score (nSPS) is 10.7. The van der Waals surface area contributed by atoms with Crippen molar-refractivity contribution in [3.05, 3.63) is 46.7 Å². The zero-order chi connectivity index (χ0) is 20.8. The SMILES string of the molecule is CCn1c(CC(=O)Nc2ccccc2C)nnc1SCC(=O)Nc1nc(C)cs1. The first-order valence-electron chi connectivity index (χ1n) is 9.08. The van der Waals surface area contributed by atoms with Crippen LogP contribution in [0.5, 0.6) is 0 Å². The fourth-order valence-electron chi connectivity index (χ4n) is 2.62. The maximum atomic E-state index is 12.4. The van der Waals surface area contributed by atoms with E-state index in [9.17, 15) is 9.59 Å². The topological polar surface area (TPSA) is 102 Å². The number of anilines is 2. The highest BCUT2D eigenvalue weighted by Crippen LogP contribution is 2.20. The summed E-state index contributed by atoms with van der Waals surface area (Å²) in [5.74, 6) is 0.437. The van der Waals surface area contributed by atoms with E-state index in [0.29, 0.717) is 22.7 Å². The summed E-state index contributed by atoms with van der Waals surface area (Å²) in [6.07, 6.45) is 0.111. The summed E-state index contributed by atoms with van der Waals surface area (Å²) < 4.78 is 1.85. The number of carbonyl (C=O) groups excluding carboxylic acids is 2. The van der Waals surface area contributed by atoms with Gasteiger partial charge in [-0.05, 0) is 32.4 Å². The summed E-state index contributed by atoms with van der Waals surface area (Å²) in [7, 11) is 0. The number of para-hydroxylation sites is 1. The molecule has 0 saturated carbocycles. The third kappa shape index (κ3) is 5.64. The van der Waals surface area contributed by atoms with Crippen molar-refractivity contribution in [2.75, 3.05) is 16.4 Å². The van der Waals surface area contributed by atoms with E-state index >= 15 is 0 Å². The highest BCUT2D eigenvalue weighted by atomic mass is 32.2. The molecule has 0 spiro atoms. The average Bonchev–Trinajstić information content (AvgIpc) is 3.27. The standard InChI is InChI=1S/C19H22N6O2S2/c1-4-25-15(9-16(26)21-14-8-6-5-7-12(14)2)23-24-19(25)29-11-17(27)22-18-20-13(3)10-28-18/h5-8,10H,4,9,11H2,1-3H3,(H,21,26)(H,20,22,27). The lowest BCUT2D eigenvalue weighted by molar-refractivity contribution is -0.116. The number of thiazole rings is 1. The fraction of sp³-hybridized carbons (Fsp3) is 0.316. The van der Waals surface area contributed by atoms with Crippen molar-refractivity contribution in [3.63, 3.8) is 0 Å². The van der Waals surface area contributed by atoms with Gasteiger partial charge in [-0.2, -0.15) is 0 Å². The molecule has 2 amide bonds. The number of hydrogen-bond donors (Lipinski definition) is 2. The first kappa shape index (κ1) is 21.0. The first-order valence-corrected chi connectivity index (χ1v) is 10.9. The summed E-state index contributed by atoms with van der Waals surface area (Å²) in [5, 5.41) is 17.0. The van der Waals surface area contributed by atoms with Gasteiger partial charge in [0.15, 0.2) is 10.3 Å². The Bertz CT molecular complexity index is 1010. The molecule has 0 saturated heterocycles. The van der Waals surface area contributed by atoms with Crippen molar-refractivity contribution in [1.29, 1.82) is 0 Å². The molecule has 3 aromatic rings. The Morgan fingerprint density at radius 2 is 1.93 bits per heavy atom. The van der Waals surface area contributed by atoms with E-state index in [-0.39, 0.29) is 24.0 Å². The molecule has 0 radical (unpaired) electrons. The maximum absolute atomic E-state index is 12.4. The van der Waals surface area contributed by atoms with Crippen LogP contribution < -0.4 is 10.6 Å². The highest BCUT2D eigenvalue weighted by Gasteiger charge is 2.16. The van der Waals surface area contributed by atoms with Crippen LogP contribution in [0.2, 0.25) is 0 Å². The van der Waals surface area contributed by atoms with Gasteiger partial charge in [0, 0.05) is 17.6 Å². The van der Waals surface area contributed by atoms with Crippen LogP contribution in [0.15, 0.2) is 34.8 Å². The smallest absolute Gasteiger partial charge is 0.236 e. The van der Waals surface area contributed by atoms with Gasteiger partial charge in [0.1, 0.15) is 5.82 Å². The lowest BCUT2D eigenvalue weighted by Gasteiger charge is -2.09. The lowest BCUT2D eigenvalue weighted by Crippen LogP contribution is -2.18. The molecular weight excluding hydrogens is 408 g/mol. The second-order valence-corrected chi connectivity index (χ2v) is 8.11. The van der Waals surface area contributed by atoms with Crippen molar-refractivity contribution in [3.8, 4) is 0 Å². The van der Waals surface area contributed by atoms with Gasteiger partial charge in [-0.1, -0.05) is 30.0 Å². The zero-order valence-electron chi connectivity index (χ0n) is 16.4. The van der Waals surface area contributed by atoms with Crippen LogP contribution in [0.3, 0.4) is 0 Å². The van der Waals surface area contributed by atoms with E-state index in [1.165, 1.54) is 23.1 Å². The monoisotopic (exact) mass is 430 g/mol. The van der Waals surface area contributed by atoms with Crippen LogP contribution in [0, 0.1) is 13.8 Å². The second-order valence-electron chi connectivity index (χ2n) is 6.31. The molecule has 1 aromatic carbocycles. The van der Waals surface area contributed by atoms with Gasteiger partial charge in [0.25, 0.3) is 0 Å². The Morgan fingerprint density at radius 3 is 2.62 bits per heavy atom. The Balaban J connectivity index is 1.58. The number of aromatic nitrogens is 4. The van der Waals surface area contributed by atoms with Gasteiger partial charge < -0.3 is 15.2 Å². The molecule has 0 unspecified atom stereocenters. The minimum atomic E-state index is -0.158. The van der Waals surface area contributed by atoms with E-state index in [1.54, 1.807) is 0 Å². The van der Waals surface area contributed by atoms with Gasteiger partial charge in [0.2, 0.25) is 11.8 Å². The minimum absolute atomic E-state index is 0.111. The molecule has 0 fully saturated rings. The summed E-state index contributed by atoms with van der Waals surface area (Å²) >= 11 is 2.67. The number of hydrogen-bond acceptors (Lipinski definition) is 7. The average molecular weight is 431 g/mol.